The minimum atomic E-state index is -1.58. The Hall–Kier alpha value is -14.4. The fourth-order valence-corrected chi connectivity index (χ4v) is 20.7. The molecule has 716 valence electrons. The topological polar surface area (TPSA) is 285 Å². The van der Waals surface area contributed by atoms with Crippen LogP contribution in [0.2, 0.25) is 0 Å². The van der Waals surface area contributed by atoms with Gasteiger partial charge in [0, 0.05) is 163 Å². The fraction of sp³-hybridized carbons (Fsp3) is 0.383. The lowest BCUT2D eigenvalue weighted by molar-refractivity contribution is -0.128. The molecule has 0 radical (unpaired) electrons. The van der Waals surface area contributed by atoms with Crippen LogP contribution in [0.3, 0.4) is 0 Å². The van der Waals surface area contributed by atoms with Crippen molar-refractivity contribution in [2.24, 2.45) is 16.2 Å². The third-order valence-electron chi connectivity index (χ3n) is 28.5. The Morgan fingerprint density at radius 2 is 0.698 bits per heavy atom. The number of carbonyl (C=O) groups excluding carboxylic acids is 9. The number of piperazine rings is 3. The van der Waals surface area contributed by atoms with Crippen molar-refractivity contribution in [2.75, 3.05) is 141 Å². The lowest BCUT2D eigenvalue weighted by Crippen LogP contribution is -2.51. The van der Waals surface area contributed by atoms with Crippen molar-refractivity contribution < 1.29 is 79.3 Å². The maximum Gasteiger partial charge on any atom is 0.257 e. The van der Waals surface area contributed by atoms with Gasteiger partial charge in [-0.25, -0.2) is 36.9 Å². The van der Waals surface area contributed by atoms with Crippen LogP contribution in [0.25, 0.3) is 33.8 Å². The second-order valence-corrected chi connectivity index (χ2v) is 37.2. The van der Waals surface area contributed by atoms with Gasteiger partial charge in [-0.3, -0.25) is 68.9 Å². The van der Waals surface area contributed by atoms with Gasteiger partial charge in [0.2, 0.25) is 35.4 Å². The summed E-state index contributed by atoms with van der Waals surface area (Å²) in [4.78, 5) is 149. The zero-order valence-electron chi connectivity index (χ0n) is 77.9. The van der Waals surface area contributed by atoms with E-state index in [2.05, 4.69) is 93.9 Å². The molecule has 6 aromatic carbocycles. The first-order valence-electron chi connectivity index (χ1n) is 47.4. The predicted molar refractivity (Wildman–Crippen MR) is 509 cm³/mol. The van der Waals surface area contributed by atoms with Gasteiger partial charge in [0.25, 0.3) is 17.7 Å². The van der Waals surface area contributed by atoms with Gasteiger partial charge in [0.1, 0.15) is 45.3 Å². The van der Waals surface area contributed by atoms with Gasteiger partial charge in [-0.1, -0.05) is 130 Å². The monoisotopic (exact) mass is 1890 g/mol. The third kappa shape index (κ3) is 20.0. The summed E-state index contributed by atoms with van der Waals surface area (Å²) in [7, 11) is 3.95. The normalized spacial score (nSPS) is 21.1. The zero-order valence-corrected chi connectivity index (χ0v) is 77.9. The summed E-state index contributed by atoms with van der Waals surface area (Å²) in [6.07, 6.45) is 12.5. The number of rotatable bonds is 18. The van der Waals surface area contributed by atoms with Crippen molar-refractivity contribution in [3.63, 3.8) is 0 Å². The minimum absolute atomic E-state index is 0.0275. The van der Waals surface area contributed by atoms with Gasteiger partial charge in [-0.2, -0.15) is 0 Å². The summed E-state index contributed by atoms with van der Waals surface area (Å²) in [5, 5.41) is 6.88. The first-order chi connectivity index (χ1) is 67.3. The Balaban J connectivity index is 0.000000138. The molecule has 9 amide bonds. The van der Waals surface area contributed by atoms with E-state index in [4.69, 9.17) is 29.2 Å². The molecule has 2 saturated carbocycles. The number of methoxy groups -OCH3 is 3. The molecule has 32 heteroatoms. The van der Waals surface area contributed by atoms with Crippen molar-refractivity contribution in [3.8, 4) is 86.5 Å². The highest BCUT2D eigenvalue weighted by Crippen LogP contribution is 2.42. The Morgan fingerprint density at radius 1 is 0.374 bits per heavy atom. The van der Waals surface area contributed by atoms with E-state index in [1.54, 1.807) is 54.6 Å². The van der Waals surface area contributed by atoms with Gasteiger partial charge in [0.15, 0.2) is 34.7 Å². The van der Waals surface area contributed by atoms with Crippen molar-refractivity contribution in [2.45, 2.75) is 122 Å². The Kier molecular flexibility index (Phi) is 27.8. The smallest absolute Gasteiger partial charge is 0.257 e. The van der Waals surface area contributed by atoms with Crippen LogP contribution in [0.4, 0.5) is 39.4 Å². The molecule has 0 unspecified atom stereocenters. The lowest BCUT2D eigenvalue weighted by Gasteiger charge is -2.41. The summed E-state index contributed by atoms with van der Waals surface area (Å²) in [5.41, 5.74) is 1.12. The SMILES string of the molecule is CCN1CCN(c2cccc(-c3ccc(C#C[C@]4(CN5Cc6ccc(OC)c(F)c6C5=O)CC(=O)NC4=O)cc3F)n2)CC1.COc1ccc2c(c1F)C(=O)N(C[C@@]1(C#Cc3ccc(-c4cccc(N5CCN(C6CCCCC6)CC5)n4)c(F)c3)CC(=O)NC1=O)C2.COc1ccc2c(c1F)C(=O)N(C[C@@]1(C#Cc3ccc(-c4cccc(N5CCN(C6CCCCC6)CC5)n4)cc3)CC(=O)NC1=O)C2. The molecule has 139 heavy (non-hydrogen) atoms. The van der Waals surface area contributed by atoms with E-state index in [1.165, 1.54) is 131 Å². The largest absolute Gasteiger partial charge is 0.494 e. The van der Waals surface area contributed by atoms with E-state index in [0.29, 0.717) is 56.4 Å². The zero-order chi connectivity index (χ0) is 97.0. The number of halogens is 5. The molecule has 2 aliphatic carbocycles. The van der Waals surface area contributed by atoms with Crippen molar-refractivity contribution in [1.82, 2.24) is 60.3 Å². The highest BCUT2D eigenvalue weighted by molar-refractivity contribution is 6.11. The van der Waals surface area contributed by atoms with Crippen molar-refractivity contribution in [1.29, 1.82) is 0 Å². The van der Waals surface area contributed by atoms with Crippen LogP contribution >= 0.6 is 0 Å². The first kappa shape index (κ1) is 94.9. The number of nitrogens with zero attached hydrogens (tertiary/aromatic N) is 12. The van der Waals surface area contributed by atoms with Gasteiger partial charge < -0.3 is 48.5 Å². The molecule has 9 aromatic rings. The van der Waals surface area contributed by atoms with Crippen LogP contribution in [-0.4, -0.2) is 236 Å². The van der Waals surface area contributed by atoms with E-state index in [0.717, 1.165) is 120 Å². The van der Waals surface area contributed by atoms with E-state index in [-0.39, 0.29) is 98.0 Å². The number of hydrogen-bond donors (Lipinski definition) is 3. The second kappa shape index (κ2) is 40.7. The number of fused-ring (bicyclic) bond motifs is 3. The molecule has 8 fully saturated rings. The van der Waals surface area contributed by atoms with Gasteiger partial charge in [-0.05, 0) is 152 Å². The molecular formula is C107H106F5N15O12. The molecule has 12 heterocycles. The number of anilines is 3. The van der Waals surface area contributed by atoms with Crippen LogP contribution in [0.15, 0.2) is 152 Å². The minimum Gasteiger partial charge on any atom is -0.494 e. The predicted octanol–water partition coefficient (Wildman–Crippen LogP) is 12.1. The second-order valence-electron chi connectivity index (χ2n) is 37.2. The molecule has 3 atom stereocenters. The van der Waals surface area contributed by atoms with Crippen molar-refractivity contribution in [3.05, 3.63) is 231 Å². The average Bonchev–Trinajstić information content (AvgIpc) is 1.61. The molecule has 20 rings (SSSR count). The Labute approximate surface area is 802 Å². The number of nitrogens with one attached hydrogen (secondary N) is 3. The highest BCUT2D eigenvalue weighted by atomic mass is 19.1. The molecule has 0 spiro atoms. The Morgan fingerprint density at radius 3 is 1.02 bits per heavy atom. The molecule has 6 saturated heterocycles. The van der Waals surface area contributed by atoms with E-state index in [1.807, 2.05) is 60.7 Å². The van der Waals surface area contributed by atoms with Crippen LogP contribution in [0.1, 0.15) is 155 Å². The molecule has 11 aliphatic rings. The molecule has 3 aromatic heterocycles. The third-order valence-corrected chi connectivity index (χ3v) is 28.5. The van der Waals surface area contributed by atoms with Crippen LogP contribution in [0, 0.1) is 80.9 Å². The van der Waals surface area contributed by atoms with Crippen molar-refractivity contribution >= 4 is 70.6 Å². The standard InChI is InChI=1S/C37H37F2N5O4.C37H38FN5O4.C33H31F2N5O4/c1-48-30-13-11-25-22-44(35(46)33(25)34(30)39)23-37(21-32(45)41-36(37)47)15-14-24-10-12-27(28(38)20-24)29-8-5-9-31(40-29)43-18-16-42(17-19-43)26-6-3-2-4-7-26;1-47-30-15-14-27-23-43(35(45)33(27)34(30)38)24-37(22-32(44)40-36(37)46)17-16-25-10-12-26(13-11-25)29-8-5-9-31(39-29)42-20-18-41(19-21-42)28-6-3-2-4-7-28;1-3-38-13-15-39(16-14-38)27-6-4-5-25(36-27)23-9-7-21(17-24(23)34)11-12-33(18-28(41)37-32(33)43)20-40-19-22-8-10-26(44-2)30(35)29(22)31(40)42/h5,8-13,20,26H,2-4,6-7,16-19,21-23H2,1H3,(H,41,45,47);5,8-15,28H,2-4,6-7,18-24H2,1H3,(H,40,44,46);4-10,17H,3,13-16,18-20H2,1-2H3,(H,37,41,43)/t2*37-;33-/m111/s1. The first-order valence-corrected chi connectivity index (χ1v) is 47.4. The van der Waals surface area contributed by atoms with Crippen LogP contribution in [0.5, 0.6) is 17.2 Å². The molecule has 27 nitrogen and oxygen atoms in total. The number of hydrogen-bond acceptors (Lipinski definition) is 21. The lowest BCUT2D eigenvalue weighted by atomic mass is 9.85. The number of aromatic nitrogens is 3. The molecule has 0 bridgehead atoms. The summed E-state index contributed by atoms with van der Waals surface area (Å²) in [6.45, 7) is 14.1. The fourth-order valence-electron chi connectivity index (χ4n) is 20.7. The number of benzene rings is 6. The summed E-state index contributed by atoms with van der Waals surface area (Å²) >= 11 is 0. The van der Waals surface area contributed by atoms with E-state index in [9.17, 15) is 56.3 Å². The average molecular weight is 1890 g/mol. The number of carbonyl (C=O) groups is 9. The number of imide groups is 3. The number of likely N-dealkylation sites (N-methyl/N-ethyl adjacent to an activating group) is 1. The summed E-state index contributed by atoms with van der Waals surface area (Å²) in [6, 6.07) is 44.5. The number of pyridine rings is 3. The maximum absolute atomic E-state index is 15.6. The van der Waals surface area contributed by atoms with Gasteiger partial charge >= 0.3 is 0 Å². The molecular weight excluding hydrogens is 1780 g/mol. The maximum atomic E-state index is 15.6. The van der Waals surface area contributed by atoms with E-state index >= 15 is 8.78 Å². The number of amides is 9. The van der Waals surface area contributed by atoms with Gasteiger partial charge in [-0.15, -0.1) is 0 Å². The molecule has 3 N–H and O–H groups in total. The molecule has 9 aliphatic heterocycles. The summed E-state index contributed by atoms with van der Waals surface area (Å²) in [5.74, 6) is 11.4. The number of ether oxygens (including phenoxy) is 3. The van der Waals surface area contributed by atoms with Gasteiger partial charge in [0.05, 0.1) is 74.4 Å². The van der Waals surface area contributed by atoms with Crippen LogP contribution in [-0.2, 0) is 48.4 Å². The quantitative estimate of drug-likeness (QED) is 0.0409. The van der Waals surface area contributed by atoms with E-state index < -0.39 is 98.5 Å². The van der Waals surface area contributed by atoms with Crippen LogP contribution < -0.4 is 44.9 Å². The highest BCUT2D eigenvalue weighted by Gasteiger charge is 2.53. The Bertz CT molecular complexity index is 6570. The summed E-state index contributed by atoms with van der Waals surface area (Å²) < 4.78 is 90.8.